The summed E-state index contributed by atoms with van der Waals surface area (Å²) in [6, 6.07) is 9.85. The number of alkyl halides is 3. The number of benzene rings is 1. The highest BCUT2D eigenvalue weighted by atomic mass is 19.4. The number of hydrogen-bond acceptors (Lipinski definition) is 8. The predicted octanol–water partition coefficient (Wildman–Crippen LogP) is 3.49. The number of carbonyl (C=O) groups is 1. The van der Waals surface area contributed by atoms with E-state index in [1.54, 1.807) is 4.90 Å². The zero-order chi connectivity index (χ0) is 25.7. The quantitative estimate of drug-likeness (QED) is 0.447. The summed E-state index contributed by atoms with van der Waals surface area (Å²) in [6.07, 6.45) is -2.13. The Hall–Kier alpha value is -3.48. The molecule has 1 saturated heterocycles. The van der Waals surface area contributed by atoms with Gasteiger partial charge in [0.2, 0.25) is 17.5 Å². The number of nitro groups is 1. The highest BCUT2D eigenvalue weighted by molar-refractivity contribution is 5.77. The summed E-state index contributed by atoms with van der Waals surface area (Å²) in [4.78, 5) is 33.3. The van der Waals surface area contributed by atoms with Crippen LogP contribution in [0.1, 0.15) is 31.4 Å². The molecule has 0 atom stereocenters. The summed E-state index contributed by atoms with van der Waals surface area (Å²) in [5.41, 5.74) is -1.62. The number of nitrogens with zero attached hydrogens (tertiary/aromatic N) is 5. The van der Waals surface area contributed by atoms with Crippen LogP contribution in [0.4, 0.5) is 30.5 Å². The van der Waals surface area contributed by atoms with Gasteiger partial charge in [0.1, 0.15) is 12.8 Å². The van der Waals surface area contributed by atoms with Crippen molar-refractivity contribution in [3.8, 4) is 0 Å². The first-order valence-electron chi connectivity index (χ1n) is 11.7. The maximum Gasteiger partial charge on any atom is 0.440 e. The normalized spacial score (nSPS) is 20.8. The van der Waals surface area contributed by atoms with Gasteiger partial charge in [-0.25, -0.2) is 9.97 Å². The van der Waals surface area contributed by atoms with E-state index in [0.717, 1.165) is 18.8 Å². The summed E-state index contributed by atoms with van der Waals surface area (Å²) in [6.45, 7) is 2.76. The van der Waals surface area contributed by atoms with Crippen molar-refractivity contribution < 1.29 is 27.6 Å². The smallest absolute Gasteiger partial charge is 0.368 e. The molecule has 1 N–H and O–H groups in total. The minimum atomic E-state index is -4.96. The molecular formula is C23H27F3N6O4. The van der Waals surface area contributed by atoms with Crippen molar-refractivity contribution in [1.29, 1.82) is 0 Å². The Bertz CT molecular complexity index is 1060. The second-order valence-corrected chi connectivity index (χ2v) is 8.81. The fourth-order valence-corrected chi connectivity index (χ4v) is 4.48. The monoisotopic (exact) mass is 508 g/mol. The number of nitrogens with one attached hydrogen (secondary N) is 1. The first kappa shape index (κ1) is 25.6. The summed E-state index contributed by atoms with van der Waals surface area (Å²) in [5.74, 6) is -0.357. The molecule has 2 heterocycles. The molecule has 0 radical (unpaired) electrons. The number of piperazine rings is 1. The van der Waals surface area contributed by atoms with E-state index < -0.39 is 22.5 Å². The number of amides is 1. The zero-order valence-corrected chi connectivity index (χ0v) is 19.5. The van der Waals surface area contributed by atoms with E-state index in [1.807, 2.05) is 18.2 Å². The lowest BCUT2D eigenvalue weighted by Gasteiger charge is -2.36. The molecule has 1 aromatic carbocycles. The lowest BCUT2D eigenvalue weighted by molar-refractivity contribution is -0.388. The third-order valence-corrected chi connectivity index (χ3v) is 6.44. The number of carbonyl (C=O) groups excluding carboxylic acids is 1. The van der Waals surface area contributed by atoms with Gasteiger partial charge in [0.15, 0.2) is 0 Å². The van der Waals surface area contributed by atoms with Crippen LogP contribution in [0.3, 0.4) is 0 Å². The van der Waals surface area contributed by atoms with Crippen LogP contribution in [0, 0.1) is 10.1 Å². The van der Waals surface area contributed by atoms with E-state index in [-0.39, 0.29) is 30.6 Å². The van der Waals surface area contributed by atoms with E-state index in [1.165, 1.54) is 0 Å². The fourth-order valence-electron chi connectivity index (χ4n) is 4.48. The van der Waals surface area contributed by atoms with Gasteiger partial charge in [-0.2, -0.15) is 13.2 Å². The molecular weight excluding hydrogens is 481 g/mol. The van der Waals surface area contributed by atoms with Crippen molar-refractivity contribution in [1.82, 2.24) is 14.9 Å². The van der Waals surface area contributed by atoms with Gasteiger partial charge in [-0.1, -0.05) is 18.2 Å². The van der Waals surface area contributed by atoms with E-state index >= 15 is 0 Å². The largest absolute Gasteiger partial charge is 0.440 e. The summed E-state index contributed by atoms with van der Waals surface area (Å²) in [7, 11) is 0. The number of rotatable bonds is 7. The van der Waals surface area contributed by atoms with Crippen molar-refractivity contribution in [2.75, 3.05) is 43.0 Å². The molecule has 1 saturated carbocycles. The van der Waals surface area contributed by atoms with Crippen molar-refractivity contribution in [2.24, 2.45) is 0 Å². The van der Waals surface area contributed by atoms with Crippen molar-refractivity contribution in [2.45, 2.75) is 44.0 Å². The van der Waals surface area contributed by atoms with E-state index in [4.69, 9.17) is 4.74 Å². The molecule has 13 heteroatoms. The highest BCUT2D eigenvalue weighted by Crippen LogP contribution is 2.35. The topological polar surface area (TPSA) is 114 Å². The van der Waals surface area contributed by atoms with E-state index in [2.05, 4.69) is 32.3 Å². The van der Waals surface area contributed by atoms with Crippen LogP contribution >= 0.6 is 0 Å². The van der Waals surface area contributed by atoms with Crippen LogP contribution in [0.25, 0.3) is 0 Å². The Morgan fingerprint density at radius 1 is 1.11 bits per heavy atom. The number of aromatic nitrogens is 2. The van der Waals surface area contributed by atoms with Gasteiger partial charge in [0, 0.05) is 37.9 Å². The Kier molecular flexibility index (Phi) is 7.87. The number of para-hydroxylation sites is 1. The van der Waals surface area contributed by atoms with Gasteiger partial charge in [-0.3, -0.25) is 14.9 Å². The molecule has 0 bridgehead atoms. The Labute approximate surface area is 205 Å². The molecule has 1 amide bonds. The SMILES string of the molecule is O=C(COC1CCC(Nc2ncc([N+](=O)[O-])c(C(F)(F)F)n2)CC1)N1CCN(c2ccccc2)CC1. The molecule has 194 valence electrons. The highest BCUT2D eigenvalue weighted by Gasteiger charge is 2.41. The van der Waals surface area contributed by atoms with Crippen molar-refractivity contribution in [3.63, 3.8) is 0 Å². The zero-order valence-electron chi connectivity index (χ0n) is 19.5. The van der Waals surface area contributed by atoms with Crippen LogP contribution in [0.15, 0.2) is 36.5 Å². The number of ether oxygens (including phenoxy) is 1. The number of hydrogen-bond donors (Lipinski definition) is 1. The molecule has 36 heavy (non-hydrogen) atoms. The summed E-state index contributed by atoms with van der Waals surface area (Å²) >= 11 is 0. The molecule has 2 fully saturated rings. The molecule has 2 aliphatic rings. The molecule has 0 spiro atoms. The summed E-state index contributed by atoms with van der Waals surface area (Å²) < 4.78 is 45.2. The third-order valence-electron chi connectivity index (χ3n) is 6.44. The van der Waals surface area contributed by atoms with Crippen LogP contribution in [0.5, 0.6) is 0 Å². The second kappa shape index (κ2) is 11.1. The maximum atomic E-state index is 13.1. The van der Waals surface area contributed by atoms with Gasteiger partial charge in [0.05, 0.1) is 11.0 Å². The maximum absolute atomic E-state index is 13.1. The van der Waals surface area contributed by atoms with Crippen LogP contribution in [-0.4, -0.2) is 70.6 Å². The Balaban J connectivity index is 1.20. The summed E-state index contributed by atoms with van der Waals surface area (Å²) in [5, 5.41) is 13.7. The van der Waals surface area contributed by atoms with Gasteiger partial charge >= 0.3 is 11.9 Å². The molecule has 1 aromatic heterocycles. The molecule has 0 unspecified atom stereocenters. The van der Waals surface area contributed by atoms with Gasteiger partial charge in [-0.15, -0.1) is 0 Å². The second-order valence-electron chi connectivity index (χ2n) is 8.81. The minimum absolute atomic E-state index is 0.00545. The van der Waals surface area contributed by atoms with E-state index in [0.29, 0.717) is 45.0 Å². The van der Waals surface area contributed by atoms with Crippen LogP contribution in [-0.2, 0) is 15.7 Å². The minimum Gasteiger partial charge on any atom is -0.368 e. The van der Waals surface area contributed by atoms with Crippen LogP contribution < -0.4 is 10.2 Å². The average Bonchev–Trinajstić information content (AvgIpc) is 2.88. The average molecular weight is 509 g/mol. The van der Waals surface area contributed by atoms with Gasteiger partial charge < -0.3 is 19.9 Å². The van der Waals surface area contributed by atoms with Gasteiger partial charge in [-0.05, 0) is 37.8 Å². The lowest BCUT2D eigenvalue weighted by atomic mass is 9.93. The number of halogens is 3. The fraction of sp³-hybridized carbons (Fsp3) is 0.522. The lowest BCUT2D eigenvalue weighted by Crippen LogP contribution is -2.50. The van der Waals surface area contributed by atoms with Crippen molar-refractivity contribution >= 4 is 23.2 Å². The molecule has 10 nitrogen and oxygen atoms in total. The van der Waals surface area contributed by atoms with Crippen LogP contribution in [0.2, 0.25) is 0 Å². The Morgan fingerprint density at radius 3 is 2.39 bits per heavy atom. The predicted molar refractivity (Wildman–Crippen MR) is 125 cm³/mol. The first-order chi connectivity index (χ1) is 17.2. The Morgan fingerprint density at radius 2 is 1.78 bits per heavy atom. The molecule has 1 aliphatic carbocycles. The molecule has 2 aromatic rings. The van der Waals surface area contributed by atoms with Gasteiger partial charge in [0.25, 0.3) is 0 Å². The molecule has 4 rings (SSSR count). The first-order valence-corrected chi connectivity index (χ1v) is 11.7. The third kappa shape index (κ3) is 6.39. The molecule has 1 aliphatic heterocycles. The number of anilines is 2. The van der Waals surface area contributed by atoms with E-state index in [9.17, 15) is 28.1 Å². The standard InChI is InChI=1S/C23H27F3N6O4/c24-23(25,26)21-19(32(34)35)14-27-22(29-21)28-16-6-8-18(9-7-16)36-15-20(33)31-12-10-30(11-13-31)17-4-2-1-3-5-17/h1-5,14,16,18H,6-13,15H2,(H,27,28,29). The van der Waals surface area contributed by atoms with Crippen molar-refractivity contribution in [3.05, 3.63) is 52.3 Å².